The number of carbonyl (C=O) groups is 7. The Labute approximate surface area is 623 Å². The van der Waals surface area contributed by atoms with E-state index in [4.69, 9.17) is 30.4 Å². The Hall–Kier alpha value is -11.9. The molecule has 0 amide bonds. The molecule has 0 saturated heterocycles. The normalized spacial score (nSPS) is 12.1. The number of hydrogen-bond donors (Lipinski definition) is 6. The molecule has 3 aliphatic rings. The Morgan fingerprint density at radius 2 is 0.913 bits per heavy atom. The van der Waals surface area contributed by atoms with Crippen molar-refractivity contribution in [2.24, 2.45) is 0 Å². The highest BCUT2D eigenvalue weighted by Crippen LogP contribution is 2.37. The summed E-state index contributed by atoms with van der Waals surface area (Å²) in [6.45, 7) is 0. The standard InChI is InChI=1S/C21H19N3O4.C20H14N2O2.C16H16BrNO4.C10H8Br2O4.C6H7N.C5H6N2/c1-27-20(25)16-12-19(24-15-9-6-10-22-13-15)17(21(26)28-2)11-18(16)23-14-7-4-3-5-8-14;23-19-13-5-6-21-10-12(13)7-11-8-16-18(9-15(11)19)22-17-4-2-1-3-14(17)20(16)24;1-21-15(19)11-9-14(18-10-6-4-3-5-7-10)12(8-13(11)17)16(20)22-2;1-15-9(13)5-3-8(12)6(4-7(5)11)10(14)16-2;7-6-4-2-1-3-5-6;6-5-2-1-3-7-4-5/h3-13,23-24H,1-2H3;1-6,10H,7-9H2,(H,22,24);3-7,18H,8-9H2,1-2H3;3-4H,1-2H3;1-5H,7H2;1-4H,6H2. The summed E-state index contributed by atoms with van der Waals surface area (Å²) < 4.78 is 30.2. The Balaban J connectivity index is 0.000000167. The van der Waals surface area contributed by atoms with Crippen LogP contribution in [0.3, 0.4) is 0 Å². The number of Topliss-reactive ketones (excluding diaryl/α,β-unsaturated/α-hetero) is 1. The molecule has 0 saturated carbocycles. The molecule has 0 spiro atoms. The van der Waals surface area contributed by atoms with E-state index in [0.29, 0.717) is 88.8 Å². The Bertz CT molecular complexity index is 4770. The van der Waals surface area contributed by atoms with Gasteiger partial charge in [-0.15, -0.1) is 0 Å². The predicted octanol–water partition coefficient (Wildman–Crippen LogP) is 14.8. The number of methoxy groups -OCH3 is 6. The van der Waals surface area contributed by atoms with Crippen molar-refractivity contribution in [3.63, 3.8) is 0 Å². The van der Waals surface area contributed by atoms with Gasteiger partial charge in [0.1, 0.15) is 0 Å². The third kappa shape index (κ3) is 20.7. The number of para-hydroxylation sites is 4. The van der Waals surface area contributed by atoms with E-state index >= 15 is 0 Å². The van der Waals surface area contributed by atoms with Gasteiger partial charge in [-0.25, -0.2) is 28.8 Å². The van der Waals surface area contributed by atoms with Gasteiger partial charge in [0.25, 0.3) is 0 Å². The minimum atomic E-state index is -0.543. The third-order valence-electron chi connectivity index (χ3n) is 15.7. The fourth-order valence-electron chi connectivity index (χ4n) is 10.6. The summed E-state index contributed by atoms with van der Waals surface area (Å²) in [4.78, 5) is 112. The van der Waals surface area contributed by atoms with Gasteiger partial charge in [0, 0.05) is 126 Å². The lowest BCUT2D eigenvalue weighted by molar-refractivity contribution is -0.137. The zero-order valence-corrected chi connectivity index (χ0v) is 61.8. The van der Waals surface area contributed by atoms with Gasteiger partial charge in [0.15, 0.2) is 11.2 Å². The summed E-state index contributed by atoms with van der Waals surface area (Å²) in [7, 11) is 7.85. The second-order valence-electron chi connectivity index (χ2n) is 22.4. The van der Waals surface area contributed by atoms with Gasteiger partial charge in [-0.1, -0.05) is 88.2 Å². The first-order valence-corrected chi connectivity index (χ1v) is 33.9. The maximum Gasteiger partial charge on any atom is 0.340 e. The summed E-state index contributed by atoms with van der Waals surface area (Å²) in [5, 5.41) is 10.2. The van der Waals surface area contributed by atoms with Crippen LogP contribution >= 0.6 is 47.8 Å². The van der Waals surface area contributed by atoms with Crippen LogP contribution in [-0.4, -0.2) is 104 Å². The molecule has 4 heterocycles. The fourth-order valence-corrected chi connectivity index (χ4v) is 12.2. The number of anilines is 7. The fraction of sp³-hybridized carbons (Fsp3) is 0.141. The molecule has 3 aliphatic carbocycles. The molecule has 8 N–H and O–H groups in total. The van der Waals surface area contributed by atoms with E-state index < -0.39 is 35.8 Å². The second kappa shape index (κ2) is 38.2. The molecule has 13 rings (SSSR count). The Morgan fingerprint density at radius 1 is 0.442 bits per heavy atom. The first kappa shape index (κ1) is 77.9. The number of nitrogens with two attached hydrogens (primary N) is 2. The van der Waals surface area contributed by atoms with Crippen LogP contribution in [0.1, 0.15) is 81.5 Å². The quantitative estimate of drug-likeness (QED) is 0.0376. The molecule has 23 nitrogen and oxygen atoms in total. The molecule has 0 atom stereocenters. The number of hydrogen-bond acceptors (Lipinski definition) is 22. The molecule has 0 unspecified atom stereocenters. The minimum Gasteiger partial charge on any atom is -0.466 e. The zero-order valence-electron chi connectivity index (χ0n) is 57.0. The number of benzene rings is 6. The first-order chi connectivity index (χ1) is 50.2. The van der Waals surface area contributed by atoms with E-state index in [9.17, 15) is 38.4 Å². The average molecular weight is 1600 g/mol. The van der Waals surface area contributed by atoms with Crippen molar-refractivity contribution in [1.29, 1.82) is 0 Å². The maximum atomic E-state index is 12.8. The molecule has 4 aromatic heterocycles. The van der Waals surface area contributed by atoms with Crippen LogP contribution < -0.4 is 32.8 Å². The van der Waals surface area contributed by atoms with E-state index in [1.807, 2.05) is 115 Å². The topological polar surface area (TPSA) is 335 Å². The highest BCUT2D eigenvalue weighted by molar-refractivity contribution is 9.11. The van der Waals surface area contributed by atoms with Crippen molar-refractivity contribution in [3.05, 3.63) is 303 Å². The summed E-state index contributed by atoms with van der Waals surface area (Å²) in [6.07, 6.45) is 12.3. The summed E-state index contributed by atoms with van der Waals surface area (Å²) in [5.41, 5.74) is 24.3. The number of ether oxygens (including phenoxy) is 6. The number of aromatic nitrogens is 4. The highest BCUT2D eigenvalue weighted by Gasteiger charge is 2.32. The molecular formula is C78H70Br3N9O14. The van der Waals surface area contributed by atoms with Gasteiger partial charge in [-0.05, 0) is 147 Å². The van der Waals surface area contributed by atoms with Crippen molar-refractivity contribution in [3.8, 4) is 0 Å². The number of nitrogens with zero attached hydrogens (tertiary/aromatic N) is 3. The van der Waals surface area contributed by atoms with Crippen LogP contribution in [0.2, 0.25) is 0 Å². The van der Waals surface area contributed by atoms with Crippen molar-refractivity contribution < 1.29 is 62.0 Å². The second-order valence-corrected chi connectivity index (χ2v) is 25.0. The van der Waals surface area contributed by atoms with Gasteiger partial charge in [0.2, 0.25) is 0 Å². The van der Waals surface area contributed by atoms with Crippen LogP contribution in [0, 0.1) is 0 Å². The van der Waals surface area contributed by atoms with E-state index in [-0.39, 0.29) is 35.2 Å². The van der Waals surface area contributed by atoms with Crippen molar-refractivity contribution in [2.45, 2.75) is 32.1 Å². The van der Waals surface area contributed by atoms with Crippen LogP contribution in [-0.2, 0) is 57.3 Å². The van der Waals surface area contributed by atoms with Crippen molar-refractivity contribution in [1.82, 2.24) is 19.9 Å². The Morgan fingerprint density at radius 3 is 1.41 bits per heavy atom. The number of carbonyl (C=O) groups excluding carboxylic acids is 7. The predicted molar refractivity (Wildman–Crippen MR) is 408 cm³/mol. The number of esters is 6. The van der Waals surface area contributed by atoms with Crippen molar-refractivity contribution in [2.75, 3.05) is 70.1 Å². The number of aromatic amines is 1. The number of allylic oxidation sites excluding steroid dienone is 4. The van der Waals surface area contributed by atoms with E-state index in [1.54, 1.807) is 79.6 Å². The maximum absolute atomic E-state index is 12.8. The molecule has 0 fully saturated rings. The number of rotatable bonds is 12. The number of fused-ring (bicyclic) bond motifs is 3. The Kier molecular flexibility index (Phi) is 28.6. The number of nitrogen functional groups attached to an aromatic ring is 2. The van der Waals surface area contributed by atoms with Gasteiger partial charge in [0.05, 0.1) is 105 Å². The monoisotopic (exact) mass is 1590 g/mol. The van der Waals surface area contributed by atoms with Gasteiger partial charge in [-0.3, -0.25) is 24.5 Å². The number of H-pyrrole nitrogens is 1. The van der Waals surface area contributed by atoms with Gasteiger partial charge >= 0.3 is 35.8 Å². The minimum absolute atomic E-state index is 0.0771. The summed E-state index contributed by atoms with van der Waals surface area (Å²) >= 11 is 9.74. The summed E-state index contributed by atoms with van der Waals surface area (Å²) in [5.74, 6) is -2.80. The lowest BCUT2D eigenvalue weighted by atomic mass is 9.77. The molecule has 6 aromatic carbocycles. The lowest BCUT2D eigenvalue weighted by Gasteiger charge is -2.27. The van der Waals surface area contributed by atoms with E-state index in [0.717, 1.165) is 56.1 Å². The first-order valence-electron chi connectivity index (χ1n) is 31.6. The molecule has 0 radical (unpaired) electrons. The average Bonchev–Trinajstić information content (AvgIpc) is 0.705. The largest absolute Gasteiger partial charge is 0.466 e. The molecule has 0 aliphatic heterocycles. The van der Waals surface area contributed by atoms with Crippen LogP contribution in [0.15, 0.2) is 253 Å². The molecular weight excluding hydrogens is 1530 g/mol. The zero-order chi connectivity index (χ0) is 74.8. The smallest absolute Gasteiger partial charge is 0.340 e. The number of nitrogens with one attached hydrogen (secondary N) is 4. The molecule has 0 bridgehead atoms. The van der Waals surface area contributed by atoms with Crippen LogP contribution in [0.4, 0.5) is 39.8 Å². The number of pyridine rings is 4. The molecule has 104 heavy (non-hydrogen) atoms. The molecule has 10 aromatic rings. The lowest BCUT2D eigenvalue weighted by Crippen LogP contribution is -2.27. The van der Waals surface area contributed by atoms with Gasteiger partial charge in [-0.2, -0.15) is 0 Å². The van der Waals surface area contributed by atoms with Crippen molar-refractivity contribution >= 4 is 140 Å². The van der Waals surface area contributed by atoms with E-state index in [2.05, 4.69) is 93.1 Å². The van der Waals surface area contributed by atoms with E-state index in [1.165, 1.54) is 54.8 Å². The summed E-state index contributed by atoms with van der Waals surface area (Å²) in [6, 6.07) is 50.8. The molecule has 532 valence electrons. The van der Waals surface area contributed by atoms with Gasteiger partial charge < -0.3 is 60.8 Å². The number of ketones is 1. The third-order valence-corrected chi connectivity index (χ3v) is 17.8. The molecule has 26 heteroatoms. The highest BCUT2D eigenvalue weighted by atomic mass is 79.9. The van der Waals surface area contributed by atoms with Crippen LogP contribution in [0.5, 0.6) is 0 Å². The number of halogens is 3. The SMILES string of the molecule is COC(=O)C1=C(Br)CC(C(=O)OC)=C(Nc2ccccc2)C1.COC(=O)c1cc(Br)c(C(=O)OC)cc1Br.COC(=O)c1cc(Nc2cccnc2)c(C(=O)OC)cc1Nc1ccccc1.Nc1ccccc1.Nc1cccnc1.O=C1C2=C(Cc3cnccc31)Cc1c([nH]c3ccccc3c1=O)C2. The van der Waals surface area contributed by atoms with Crippen LogP contribution in [0.25, 0.3) is 10.9 Å².